The van der Waals surface area contributed by atoms with Crippen molar-refractivity contribution in [1.82, 2.24) is 20.0 Å². The van der Waals surface area contributed by atoms with E-state index >= 15 is 0 Å². The SMILES string of the molecule is C=CCO[C@H]1[C@H](NC(=O)CSC)c2ccccc2C12CCN(Cc1c(C)nn(C(C)C)c1C)CC2. The molecule has 7 heteroatoms. The minimum atomic E-state index is -0.133. The van der Waals surface area contributed by atoms with Gasteiger partial charge in [0.25, 0.3) is 0 Å². The van der Waals surface area contributed by atoms with Crippen LogP contribution in [0.4, 0.5) is 0 Å². The summed E-state index contributed by atoms with van der Waals surface area (Å²) in [5, 5.41) is 8.10. The normalized spacial score (nSPS) is 21.4. The second-order valence-corrected chi connectivity index (χ2v) is 11.1. The van der Waals surface area contributed by atoms with Crippen molar-refractivity contribution in [1.29, 1.82) is 0 Å². The van der Waals surface area contributed by atoms with Gasteiger partial charge in [0.05, 0.1) is 30.2 Å². The van der Waals surface area contributed by atoms with E-state index in [9.17, 15) is 4.79 Å². The van der Waals surface area contributed by atoms with Crippen LogP contribution in [0.5, 0.6) is 0 Å². The van der Waals surface area contributed by atoms with Gasteiger partial charge in [0.15, 0.2) is 0 Å². The van der Waals surface area contributed by atoms with Gasteiger partial charge in [-0.25, -0.2) is 0 Å². The van der Waals surface area contributed by atoms with Crippen LogP contribution in [-0.4, -0.2) is 58.4 Å². The van der Waals surface area contributed by atoms with Crippen molar-refractivity contribution in [2.75, 3.05) is 31.7 Å². The smallest absolute Gasteiger partial charge is 0.230 e. The number of carbonyl (C=O) groups excluding carboxylic acids is 1. The highest BCUT2D eigenvalue weighted by atomic mass is 32.2. The van der Waals surface area contributed by atoms with E-state index in [0.29, 0.717) is 18.4 Å². The van der Waals surface area contributed by atoms with Crippen LogP contribution in [0, 0.1) is 13.8 Å². The molecule has 35 heavy (non-hydrogen) atoms. The van der Waals surface area contributed by atoms with Gasteiger partial charge in [-0.1, -0.05) is 30.3 Å². The standard InChI is InChI=1S/C28H40N4O2S/c1-7-16-34-27-26(29-25(33)18-35-6)22-10-8-9-11-24(22)28(27)12-14-31(15-13-28)17-23-20(4)30-32(19(2)3)21(23)5/h7-11,19,26-27H,1,12-18H2,2-6H3,(H,29,33)/t26-,27+/m1/s1. The van der Waals surface area contributed by atoms with Gasteiger partial charge in [0.2, 0.25) is 5.91 Å². The molecule has 4 rings (SSSR count). The van der Waals surface area contributed by atoms with E-state index in [2.05, 4.69) is 73.4 Å². The van der Waals surface area contributed by atoms with E-state index in [1.54, 1.807) is 11.8 Å². The van der Waals surface area contributed by atoms with Crippen LogP contribution >= 0.6 is 11.8 Å². The zero-order valence-electron chi connectivity index (χ0n) is 21.8. The Balaban J connectivity index is 1.58. The van der Waals surface area contributed by atoms with Gasteiger partial charge < -0.3 is 10.1 Å². The second kappa shape index (κ2) is 10.9. The van der Waals surface area contributed by atoms with E-state index in [-0.39, 0.29) is 23.5 Å². The fraction of sp³-hybridized carbons (Fsp3) is 0.571. The number of nitrogens with zero attached hydrogens (tertiary/aromatic N) is 3. The van der Waals surface area contributed by atoms with Crippen molar-refractivity contribution >= 4 is 17.7 Å². The molecule has 2 heterocycles. The van der Waals surface area contributed by atoms with Crippen LogP contribution in [0.3, 0.4) is 0 Å². The first kappa shape index (κ1) is 26.0. The van der Waals surface area contributed by atoms with Gasteiger partial charge in [-0.15, -0.1) is 6.58 Å². The number of benzene rings is 1. The lowest BCUT2D eigenvalue weighted by atomic mass is 9.71. The monoisotopic (exact) mass is 496 g/mol. The Labute approximate surface area is 214 Å². The molecule has 0 radical (unpaired) electrons. The first-order valence-corrected chi connectivity index (χ1v) is 14.1. The molecule has 1 fully saturated rings. The number of fused-ring (bicyclic) bond motifs is 2. The Kier molecular flexibility index (Phi) is 8.09. The molecule has 1 aromatic heterocycles. The number of carbonyl (C=O) groups is 1. The molecule has 2 aromatic rings. The van der Waals surface area contributed by atoms with Crippen molar-refractivity contribution < 1.29 is 9.53 Å². The molecule has 6 nitrogen and oxygen atoms in total. The summed E-state index contributed by atoms with van der Waals surface area (Å²) in [6.45, 7) is 15.9. The third kappa shape index (κ3) is 4.95. The zero-order chi connectivity index (χ0) is 25.2. The Morgan fingerprint density at radius 2 is 2.03 bits per heavy atom. The predicted molar refractivity (Wildman–Crippen MR) is 144 cm³/mol. The molecular weight excluding hydrogens is 456 g/mol. The third-order valence-electron chi connectivity index (χ3n) is 7.76. The summed E-state index contributed by atoms with van der Waals surface area (Å²) in [4.78, 5) is 15.2. The number of hydrogen-bond donors (Lipinski definition) is 1. The molecule has 2 aliphatic rings. The van der Waals surface area contributed by atoms with Gasteiger partial charge >= 0.3 is 0 Å². The molecule has 1 amide bonds. The van der Waals surface area contributed by atoms with Crippen LogP contribution in [-0.2, 0) is 21.5 Å². The molecule has 0 unspecified atom stereocenters. The molecule has 190 valence electrons. The second-order valence-electron chi connectivity index (χ2n) is 10.2. The van der Waals surface area contributed by atoms with E-state index in [4.69, 9.17) is 9.84 Å². The summed E-state index contributed by atoms with van der Waals surface area (Å²) in [7, 11) is 0. The quantitative estimate of drug-likeness (QED) is 0.509. The summed E-state index contributed by atoms with van der Waals surface area (Å²) in [5.41, 5.74) is 6.18. The zero-order valence-corrected chi connectivity index (χ0v) is 22.7. The maximum Gasteiger partial charge on any atom is 0.230 e. The van der Waals surface area contributed by atoms with Crippen LogP contribution in [0.25, 0.3) is 0 Å². The number of rotatable bonds is 9. The number of likely N-dealkylation sites (tertiary alicyclic amines) is 1. The lowest BCUT2D eigenvalue weighted by Gasteiger charge is -2.44. The highest BCUT2D eigenvalue weighted by Gasteiger charge is 2.54. The average Bonchev–Trinajstić information content (AvgIpc) is 3.26. The van der Waals surface area contributed by atoms with E-state index in [0.717, 1.165) is 38.2 Å². The Hall–Kier alpha value is -2.09. The molecule has 1 saturated heterocycles. The van der Waals surface area contributed by atoms with Crippen molar-refractivity contribution in [3.05, 3.63) is 65.0 Å². The molecule has 1 spiro atoms. The Morgan fingerprint density at radius 1 is 1.31 bits per heavy atom. The van der Waals surface area contributed by atoms with E-state index in [1.807, 2.05) is 12.3 Å². The summed E-state index contributed by atoms with van der Waals surface area (Å²) < 4.78 is 8.61. The van der Waals surface area contributed by atoms with E-state index < -0.39 is 0 Å². The highest BCUT2D eigenvalue weighted by molar-refractivity contribution is 7.99. The predicted octanol–water partition coefficient (Wildman–Crippen LogP) is 4.72. The fourth-order valence-corrected chi connectivity index (χ4v) is 6.45. The summed E-state index contributed by atoms with van der Waals surface area (Å²) in [6, 6.07) is 8.84. The molecular formula is C28H40N4O2S. The maximum atomic E-state index is 12.6. The lowest BCUT2D eigenvalue weighted by molar-refractivity contribution is -0.121. The van der Waals surface area contributed by atoms with Gasteiger partial charge in [0, 0.05) is 29.3 Å². The summed E-state index contributed by atoms with van der Waals surface area (Å²) in [6.07, 6.45) is 5.66. The molecule has 1 aromatic carbocycles. The number of piperidine rings is 1. The third-order valence-corrected chi connectivity index (χ3v) is 8.31. The van der Waals surface area contributed by atoms with Crippen LogP contribution in [0.15, 0.2) is 36.9 Å². The number of nitrogens with one attached hydrogen (secondary N) is 1. The maximum absolute atomic E-state index is 12.6. The number of thioether (sulfide) groups is 1. The molecule has 0 bridgehead atoms. The minimum Gasteiger partial charge on any atom is -0.371 e. The van der Waals surface area contributed by atoms with Crippen molar-refractivity contribution in [2.45, 2.75) is 70.7 Å². The number of hydrogen-bond acceptors (Lipinski definition) is 5. The minimum absolute atomic E-state index is 0.0621. The number of ether oxygens (including phenoxy) is 1. The molecule has 2 atom stereocenters. The van der Waals surface area contributed by atoms with Gasteiger partial charge in [-0.05, 0) is 71.0 Å². The van der Waals surface area contributed by atoms with Gasteiger partial charge in [-0.3, -0.25) is 14.4 Å². The summed E-state index contributed by atoms with van der Waals surface area (Å²) >= 11 is 1.54. The molecule has 1 aliphatic heterocycles. The van der Waals surface area contributed by atoms with Gasteiger partial charge in [0.1, 0.15) is 0 Å². The molecule has 0 saturated carbocycles. The van der Waals surface area contributed by atoms with Crippen LogP contribution in [0.2, 0.25) is 0 Å². The van der Waals surface area contributed by atoms with Crippen molar-refractivity contribution in [3.8, 4) is 0 Å². The topological polar surface area (TPSA) is 59.4 Å². The van der Waals surface area contributed by atoms with Crippen LogP contribution in [0.1, 0.15) is 66.9 Å². The van der Waals surface area contributed by atoms with Crippen molar-refractivity contribution in [2.24, 2.45) is 0 Å². The fourth-order valence-electron chi connectivity index (χ4n) is 6.10. The number of aryl methyl sites for hydroxylation is 1. The number of amides is 1. The average molecular weight is 497 g/mol. The first-order chi connectivity index (χ1) is 16.8. The summed E-state index contributed by atoms with van der Waals surface area (Å²) in [5.74, 6) is 0.517. The highest BCUT2D eigenvalue weighted by Crippen LogP contribution is 2.52. The number of aromatic nitrogens is 2. The Morgan fingerprint density at radius 3 is 2.66 bits per heavy atom. The molecule has 1 aliphatic carbocycles. The lowest BCUT2D eigenvalue weighted by Crippen LogP contribution is -2.51. The van der Waals surface area contributed by atoms with E-state index in [1.165, 1.54) is 22.4 Å². The van der Waals surface area contributed by atoms with Crippen LogP contribution < -0.4 is 5.32 Å². The first-order valence-electron chi connectivity index (χ1n) is 12.7. The largest absolute Gasteiger partial charge is 0.371 e. The van der Waals surface area contributed by atoms with Gasteiger partial charge in [-0.2, -0.15) is 16.9 Å². The molecule has 1 N–H and O–H groups in total. The van der Waals surface area contributed by atoms with Crippen molar-refractivity contribution in [3.63, 3.8) is 0 Å². The Bertz CT molecular complexity index is 1060.